The van der Waals surface area contributed by atoms with Gasteiger partial charge >= 0.3 is 5.97 Å². The Balaban J connectivity index is 1.25. The van der Waals surface area contributed by atoms with Crippen LogP contribution in [0.4, 0.5) is 0 Å². The second-order valence-electron chi connectivity index (χ2n) is 6.81. The second kappa shape index (κ2) is 8.56. The van der Waals surface area contributed by atoms with Crippen molar-refractivity contribution in [2.45, 2.75) is 37.0 Å². The molecule has 0 aromatic heterocycles. The highest BCUT2D eigenvalue weighted by Gasteiger charge is 2.40. The molecule has 2 fully saturated rings. The summed E-state index contributed by atoms with van der Waals surface area (Å²) in [6, 6.07) is 10.1. The molecule has 0 radical (unpaired) electrons. The van der Waals surface area contributed by atoms with Crippen LogP contribution in [0, 0.1) is 17.8 Å². The summed E-state index contributed by atoms with van der Waals surface area (Å²) in [5, 5.41) is 2.79. The van der Waals surface area contributed by atoms with E-state index in [2.05, 4.69) is 5.32 Å². The van der Waals surface area contributed by atoms with Crippen LogP contribution in [0.5, 0.6) is 0 Å². The van der Waals surface area contributed by atoms with Crippen LogP contribution in [-0.2, 0) is 14.3 Å². The van der Waals surface area contributed by atoms with Crippen LogP contribution in [0.2, 0.25) is 0 Å². The maximum absolute atomic E-state index is 11.9. The minimum absolute atomic E-state index is 0.157. The number of hydrogen-bond donors (Lipinski definition) is 1. The first-order valence-corrected chi connectivity index (χ1v) is 9.79. The van der Waals surface area contributed by atoms with Gasteiger partial charge in [0.1, 0.15) is 0 Å². The van der Waals surface area contributed by atoms with Crippen molar-refractivity contribution in [3.05, 3.63) is 30.3 Å². The Kier molecular flexibility index (Phi) is 6.18. The highest BCUT2D eigenvalue weighted by molar-refractivity contribution is 7.99. The smallest absolute Gasteiger partial charge is 0.306 e. The predicted molar refractivity (Wildman–Crippen MR) is 94.7 cm³/mol. The molecule has 24 heavy (non-hydrogen) atoms. The zero-order chi connectivity index (χ0) is 16.8. The summed E-state index contributed by atoms with van der Waals surface area (Å²) < 4.78 is 5.13. The molecule has 1 aromatic rings. The predicted octanol–water partition coefficient (Wildman–Crippen LogP) is 3.26. The average molecular weight is 347 g/mol. The lowest BCUT2D eigenvalue weighted by Gasteiger charge is -2.20. The zero-order valence-corrected chi connectivity index (χ0v) is 14.7. The van der Waals surface area contributed by atoms with E-state index < -0.39 is 0 Å². The van der Waals surface area contributed by atoms with Crippen molar-refractivity contribution < 1.29 is 14.3 Å². The molecule has 130 valence electrons. The number of benzene rings is 1. The number of carbonyl (C=O) groups is 2. The third-order valence-electron chi connectivity index (χ3n) is 5.11. The minimum atomic E-state index is -0.221. The first-order valence-electron chi connectivity index (χ1n) is 8.81. The first kappa shape index (κ1) is 17.3. The van der Waals surface area contributed by atoms with Gasteiger partial charge in [-0.3, -0.25) is 9.59 Å². The quantitative estimate of drug-likeness (QED) is 0.445. The van der Waals surface area contributed by atoms with Crippen LogP contribution in [0.25, 0.3) is 0 Å². The van der Waals surface area contributed by atoms with Crippen LogP contribution in [0.3, 0.4) is 0 Å². The molecule has 1 amide bonds. The zero-order valence-electron chi connectivity index (χ0n) is 13.9. The van der Waals surface area contributed by atoms with Gasteiger partial charge in [-0.05, 0) is 49.1 Å². The SMILES string of the molecule is O=C(COC(=O)C[C@@H]1C[C@@H]2CC[C@@H]1C2)NCCSc1ccccc1. The van der Waals surface area contributed by atoms with Gasteiger partial charge in [0.15, 0.2) is 6.61 Å². The molecule has 3 atom stereocenters. The Hall–Kier alpha value is -1.49. The Labute approximate surface area is 147 Å². The number of rotatable bonds is 8. The third-order valence-corrected chi connectivity index (χ3v) is 6.13. The Morgan fingerprint density at radius 1 is 1.17 bits per heavy atom. The molecule has 0 aliphatic heterocycles. The molecule has 0 unspecified atom stereocenters. The summed E-state index contributed by atoms with van der Waals surface area (Å²) in [7, 11) is 0. The summed E-state index contributed by atoms with van der Waals surface area (Å²) in [5.41, 5.74) is 0. The molecule has 5 heteroatoms. The Morgan fingerprint density at radius 2 is 2.00 bits per heavy atom. The van der Waals surface area contributed by atoms with E-state index in [1.807, 2.05) is 30.3 Å². The fourth-order valence-electron chi connectivity index (χ4n) is 3.97. The fraction of sp³-hybridized carbons (Fsp3) is 0.579. The lowest BCUT2D eigenvalue weighted by atomic mass is 9.86. The largest absolute Gasteiger partial charge is 0.456 e. The van der Waals surface area contributed by atoms with E-state index in [0.717, 1.165) is 11.7 Å². The number of nitrogens with one attached hydrogen (secondary N) is 1. The molecule has 1 N–H and O–H groups in total. The van der Waals surface area contributed by atoms with Gasteiger partial charge in [0.25, 0.3) is 5.91 Å². The van der Waals surface area contributed by atoms with E-state index in [-0.39, 0.29) is 18.5 Å². The molecule has 2 aliphatic rings. The monoisotopic (exact) mass is 347 g/mol. The van der Waals surface area contributed by atoms with Crippen molar-refractivity contribution in [1.29, 1.82) is 0 Å². The molecule has 0 spiro atoms. The van der Waals surface area contributed by atoms with Crippen LogP contribution < -0.4 is 5.32 Å². The standard InChI is InChI=1S/C19H25NO3S/c21-18(20-8-9-24-17-4-2-1-3-5-17)13-23-19(22)12-16-11-14-6-7-15(16)10-14/h1-5,14-16H,6-13H2,(H,20,21)/t14-,15-,16+/m1/s1. The van der Waals surface area contributed by atoms with Crippen LogP contribution in [-0.4, -0.2) is 30.8 Å². The summed E-state index contributed by atoms with van der Waals surface area (Å²) in [6.07, 6.45) is 5.54. The molecule has 4 nitrogen and oxygen atoms in total. The second-order valence-corrected chi connectivity index (χ2v) is 7.98. The van der Waals surface area contributed by atoms with Crippen molar-refractivity contribution in [1.82, 2.24) is 5.32 Å². The van der Waals surface area contributed by atoms with Gasteiger partial charge in [0, 0.05) is 23.6 Å². The van der Waals surface area contributed by atoms with Crippen molar-refractivity contribution >= 4 is 23.6 Å². The summed E-state index contributed by atoms with van der Waals surface area (Å²) >= 11 is 1.69. The lowest BCUT2D eigenvalue weighted by molar-refractivity contribution is -0.149. The lowest BCUT2D eigenvalue weighted by Crippen LogP contribution is -2.31. The van der Waals surface area contributed by atoms with E-state index in [4.69, 9.17) is 4.74 Å². The highest BCUT2D eigenvalue weighted by Crippen LogP contribution is 2.49. The summed E-state index contributed by atoms with van der Waals surface area (Å²) in [6.45, 7) is 0.415. The molecule has 0 saturated heterocycles. The Morgan fingerprint density at radius 3 is 2.71 bits per heavy atom. The molecule has 2 bridgehead atoms. The van der Waals surface area contributed by atoms with Gasteiger partial charge in [-0.25, -0.2) is 0 Å². The average Bonchev–Trinajstić information content (AvgIpc) is 3.21. The number of fused-ring (bicyclic) bond motifs is 2. The number of amides is 1. The van der Waals surface area contributed by atoms with Crippen molar-refractivity contribution in [2.75, 3.05) is 18.9 Å². The van der Waals surface area contributed by atoms with E-state index in [0.29, 0.717) is 24.8 Å². The molecule has 2 saturated carbocycles. The highest BCUT2D eigenvalue weighted by atomic mass is 32.2. The van der Waals surface area contributed by atoms with Crippen LogP contribution >= 0.6 is 11.8 Å². The first-order chi connectivity index (χ1) is 11.7. The van der Waals surface area contributed by atoms with Gasteiger partial charge in [0.2, 0.25) is 0 Å². The van der Waals surface area contributed by atoms with E-state index in [9.17, 15) is 9.59 Å². The van der Waals surface area contributed by atoms with Gasteiger partial charge in [-0.1, -0.05) is 24.6 Å². The van der Waals surface area contributed by atoms with Gasteiger partial charge in [0.05, 0.1) is 0 Å². The summed E-state index contributed by atoms with van der Waals surface area (Å²) in [5.74, 6) is 2.40. The topological polar surface area (TPSA) is 55.4 Å². The van der Waals surface area contributed by atoms with Crippen molar-refractivity contribution in [2.24, 2.45) is 17.8 Å². The minimum Gasteiger partial charge on any atom is -0.456 e. The van der Waals surface area contributed by atoms with Crippen LogP contribution in [0.1, 0.15) is 32.1 Å². The van der Waals surface area contributed by atoms with Gasteiger partial charge in [-0.15, -0.1) is 11.8 Å². The molecule has 0 heterocycles. The van der Waals surface area contributed by atoms with Gasteiger partial charge in [-0.2, -0.15) is 0 Å². The van der Waals surface area contributed by atoms with E-state index in [1.165, 1.54) is 30.6 Å². The normalized spacial score (nSPS) is 24.8. The van der Waals surface area contributed by atoms with Crippen molar-refractivity contribution in [3.8, 4) is 0 Å². The van der Waals surface area contributed by atoms with Crippen molar-refractivity contribution in [3.63, 3.8) is 0 Å². The molecule has 2 aliphatic carbocycles. The maximum Gasteiger partial charge on any atom is 0.306 e. The fourth-order valence-corrected chi connectivity index (χ4v) is 4.76. The van der Waals surface area contributed by atoms with E-state index >= 15 is 0 Å². The number of esters is 1. The number of thioether (sulfide) groups is 1. The molecule has 3 rings (SSSR count). The number of carbonyl (C=O) groups excluding carboxylic acids is 2. The van der Waals surface area contributed by atoms with E-state index in [1.54, 1.807) is 11.8 Å². The molecular formula is C19H25NO3S. The number of ether oxygens (including phenoxy) is 1. The number of hydrogen-bond acceptors (Lipinski definition) is 4. The molecule has 1 aromatic carbocycles. The summed E-state index contributed by atoms with van der Waals surface area (Å²) in [4.78, 5) is 24.8. The maximum atomic E-state index is 11.9. The third kappa shape index (κ3) is 5.00. The molecular weight excluding hydrogens is 322 g/mol. The van der Waals surface area contributed by atoms with Crippen LogP contribution in [0.15, 0.2) is 35.2 Å². The van der Waals surface area contributed by atoms with Gasteiger partial charge < -0.3 is 10.1 Å². The Bertz CT molecular complexity index is 563.